The lowest BCUT2D eigenvalue weighted by Crippen LogP contribution is -2.46. The zero-order chi connectivity index (χ0) is 22.1. The number of hydrogen-bond donors (Lipinski definition) is 0. The van der Waals surface area contributed by atoms with Gasteiger partial charge in [0.2, 0.25) is 0 Å². The Morgan fingerprint density at radius 3 is 2.20 bits per heavy atom. The van der Waals surface area contributed by atoms with Gasteiger partial charge in [-0.3, -0.25) is 4.90 Å². The van der Waals surface area contributed by atoms with Gasteiger partial charge in [-0.25, -0.2) is 9.59 Å². The maximum Gasteiger partial charge on any atom is 0.344 e. The summed E-state index contributed by atoms with van der Waals surface area (Å²) in [7, 11) is 0. The monoisotopic (exact) mass is 409 g/mol. The van der Waals surface area contributed by atoms with Crippen molar-refractivity contribution in [1.82, 2.24) is 4.90 Å². The molecule has 1 aliphatic rings. The molecule has 3 rings (SSSR count). The second-order valence-electron chi connectivity index (χ2n) is 8.72. The second kappa shape index (κ2) is 8.23. The molecule has 0 aromatic heterocycles. The molecule has 1 aliphatic heterocycles. The minimum Gasteiger partial charge on any atom is -0.463 e. The number of rotatable bonds is 6. The molecule has 0 fully saturated rings. The molecule has 0 radical (unpaired) electrons. The first-order valence-corrected chi connectivity index (χ1v) is 10.4. The Bertz CT molecular complexity index is 933. The smallest absolute Gasteiger partial charge is 0.344 e. The molecule has 0 aliphatic carbocycles. The van der Waals surface area contributed by atoms with Crippen molar-refractivity contribution in [3.8, 4) is 0 Å². The van der Waals surface area contributed by atoms with E-state index >= 15 is 0 Å². The van der Waals surface area contributed by atoms with E-state index in [-0.39, 0.29) is 30.3 Å². The van der Waals surface area contributed by atoms with Crippen LogP contribution in [0.4, 0.5) is 0 Å². The number of benzene rings is 2. The van der Waals surface area contributed by atoms with Crippen LogP contribution >= 0.6 is 0 Å². The minimum atomic E-state index is -0.545. The van der Waals surface area contributed by atoms with Gasteiger partial charge >= 0.3 is 11.9 Å². The average Bonchev–Trinajstić information content (AvgIpc) is 2.87. The Morgan fingerprint density at radius 1 is 0.933 bits per heavy atom. The molecule has 1 atom stereocenters. The Morgan fingerprint density at radius 2 is 1.57 bits per heavy atom. The Labute approximate surface area is 179 Å². The molecule has 0 spiro atoms. The maximum atomic E-state index is 12.5. The number of ether oxygens (including phenoxy) is 2. The fraction of sp³-hybridized carbons (Fsp3) is 0.440. The summed E-state index contributed by atoms with van der Waals surface area (Å²) in [5.74, 6) is -1.06. The highest BCUT2D eigenvalue weighted by Crippen LogP contribution is 2.53. The first-order valence-electron chi connectivity index (χ1n) is 10.4. The van der Waals surface area contributed by atoms with Crippen molar-refractivity contribution in [2.24, 2.45) is 0 Å². The molecule has 5 heteroatoms. The van der Waals surface area contributed by atoms with Gasteiger partial charge in [-0.1, -0.05) is 36.4 Å². The van der Waals surface area contributed by atoms with Gasteiger partial charge in [-0.2, -0.15) is 0 Å². The number of carbonyl (C=O) groups excluding carboxylic acids is 2. The zero-order valence-corrected chi connectivity index (χ0v) is 18.7. The summed E-state index contributed by atoms with van der Waals surface area (Å²) in [5, 5.41) is 0. The number of carbonyl (C=O) groups is 2. The van der Waals surface area contributed by atoms with Gasteiger partial charge in [-0.15, -0.1) is 0 Å². The molecule has 160 valence electrons. The summed E-state index contributed by atoms with van der Waals surface area (Å²) in [4.78, 5) is 26.5. The molecular formula is C25H31NO4. The molecule has 2 aromatic carbocycles. The van der Waals surface area contributed by atoms with Gasteiger partial charge in [-0.05, 0) is 70.4 Å². The van der Waals surface area contributed by atoms with Crippen molar-refractivity contribution < 1.29 is 19.1 Å². The topological polar surface area (TPSA) is 55.8 Å². The Kier molecular flexibility index (Phi) is 6.04. The van der Waals surface area contributed by atoms with Gasteiger partial charge in [0.1, 0.15) is 0 Å². The van der Waals surface area contributed by atoms with Crippen LogP contribution < -0.4 is 0 Å². The summed E-state index contributed by atoms with van der Waals surface area (Å²) in [6.07, 6.45) is 0. The number of esters is 2. The van der Waals surface area contributed by atoms with E-state index in [1.165, 1.54) is 11.1 Å². The Balaban J connectivity index is 1.92. The van der Waals surface area contributed by atoms with Gasteiger partial charge in [0.05, 0.1) is 12.2 Å². The van der Waals surface area contributed by atoms with Crippen LogP contribution in [-0.4, -0.2) is 30.1 Å². The lowest BCUT2D eigenvalue weighted by atomic mass is 9.89. The number of fused-ring (bicyclic) bond motifs is 1. The second-order valence-corrected chi connectivity index (χ2v) is 8.72. The van der Waals surface area contributed by atoms with Crippen molar-refractivity contribution in [2.75, 3.05) is 13.2 Å². The van der Waals surface area contributed by atoms with Crippen LogP contribution in [0.5, 0.6) is 0 Å². The first-order chi connectivity index (χ1) is 14.1. The normalized spacial score (nSPS) is 17.8. The van der Waals surface area contributed by atoms with E-state index in [4.69, 9.17) is 9.47 Å². The quantitative estimate of drug-likeness (QED) is 0.632. The Hall–Kier alpha value is -2.66. The average molecular weight is 410 g/mol. The van der Waals surface area contributed by atoms with Crippen LogP contribution in [0.2, 0.25) is 0 Å². The number of nitrogens with zero attached hydrogens (tertiary/aromatic N) is 1. The van der Waals surface area contributed by atoms with Crippen LogP contribution in [0.1, 0.15) is 74.6 Å². The molecular weight excluding hydrogens is 378 g/mol. The van der Waals surface area contributed by atoms with Gasteiger partial charge < -0.3 is 9.47 Å². The molecule has 0 N–H and O–H groups in total. The van der Waals surface area contributed by atoms with E-state index in [1.807, 2.05) is 18.2 Å². The van der Waals surface area contributed by atoms with E-state index < -0.39 is 11.9 Å². The largest absolute Gasteiger partial charge is 0.463 e. The standard InChI is InChI=1S/C25H31NO4/c1-7-29-22(27)16-30-23(28)19-13-14-20-21(15-19)25(5,6)26(24(20,3)4)17(2)18-11-9-8-10-12-18/h8-15,17H,7,16H2,1-6H3/t17-/m0/s1. The highest BCUT2D eigenvalue weighted by atomic mass is 16.6. The van der Waals surface area contributed by atoms with Crippen LogP contribution in [-0.2, 0) is 25.3 Å². The molecule has 1 heterocycles. The lowest BCUT2D eigenvalue weighted by molar-refractivity contribution is -0.146. The van der Waals surface area contributed by atoms with Crippen molar-refractivity contribution in [3.05, 3.63) is 70.8 Å². The molecule has 0 bridgehead atoms. The summed E-state index contributed by atoms with van der Waals surface area (Å²) in [5.41, 5.74) is 3.46. The van der Waals surface area contributed by atoms with Crippen LogP contribution in [0.25, 0.3) is 0 Å². The van der Waals surface area contributed by atoms with E-state index in [0.717, 1.165) is 5.56 Å². The SMILES string of the molecule is CCOC(=O)COC(=O)c1ccc2c(c1)C(C)(C)N([C@@H](C)c1ccccc1)C2(C)C. The first kappa shape index (κ1) is 22.0. The zero-order valence-electron chi connectivity index (χ0n) is 18.7. The summed E-state index contributed by atoms with van der Waals surface area (Å²) >= 11 is 0. The maximum absolute atomic E-state index is 12.5. The van der Waals surface area contributed by atoms with Crippen molar-refractivity contribution >= 4 is 11.9 Å². The lowest BCUT2D eigenvalue weighted by Gasteiger charge is -2.45. The van der Waals surface area contributed by atoms with Crippen molar-refractivity contribution in [3.63, 3.8) is 0 Å². The highest BCUT2D eigenvalue weighted by Gasteiger charge is 2.51. The van der Waals surface area contributed by atoms with Gasteiger partial charge in [0.25, 0.3) is 0 Å². The molecule has 5 nitrogen and oxygen atoms in total. The third-order valence-electron chi connectivity index (χ3n) is 6.07. The van der Waals surface area contributed by atoms with E-state index in [1.54, 1.807) is 13.0 Å². The van der Waals surface area contributed by atoms with Gasteiger partial charge in [0, 0.05) is 17.1 Å². The van der Waals surface area contributed by atoms with Crippen molar-refractivity contribution in [2.45, 2.75) is 58.7 Å². The van der Waals surface area contributed by atoms with Crippen LogP contribution in [0, 0.1) is 0 Å². The van der Waals surface area contributed by atoms with E-state index in [0.29, 0.717) is 5.56 Å². The molecule has 2 aromatic rings. The van der Waals surface area contributed by atoms with E-state index in [2.05, 4.69) is 63.8 Å². The predicted molar refractivity (Wildman–Crippen MR) is 116 cm³/mol. The molecule has 30 heavy (non-hydrogen) atoms. The predicted octanol–water partition coefficient (Wildman–Crippen LogP) is 4.95. The highest BCUT2D eigenvalue weighted by molar-refractivity contribution is 5.91. The molecule has 0 amide bonds. The summed E-state index contributed by atoms with van der Waals surface area (Å²) in [6.45, 7) is 12.6. The fourth-order valence-electron chi connectivity index (χ4n) is 4.93. The molecule has 0 unspecified atom stereocenters. The van der Waals surface area contributed by atoms with Gasteiger partial charge in [0.15, 0.2) is 6.61 Å². The van der Waals surface area contributed by atoms with Crippen LogP contribution in [0.3, 0.4) is 0 Å². The van der Waals surface area contributed by atoms with Crippen molar-refractivity contribution in [1.29, 1.82) is 0 Å². The number of hydrogen-bond acceptors (Lipinski definition) is 5. The summed E-state index contributed by atoms with van der Waals surface area (Å²) < 4.78 is 9.96. The van der Waals surface area contributed by atoms with Crippen LogP contribution in [0.15, 0.2) is 48.5 Å². The molecule has 0 saturated heterocycles. The molecule has 0 saturated carbocycles. The summed E-state index contributed by atoms with van der Waals surface area (Å²) in [6, 6.07) is 16.3. The van der Waals surface area contributed by atoms with E-state index in [9.17, 15) is 9.59 Å². The fourth-order valence-corrected chi connectivity index (χ4v) is 4.93. The third-order valence-corrected chi connectivity index (χ3v) is 6.07. The minimum absolute atomic E-state index is 0.183. The third kappa shape index (κ3) is 3.86.